The molecule has 5 nitrogen and oxygen atoms in total. The lowest BCUT2D eigenvalue weighted by molar-refractivity contribution is 0.100. The SMILES string of the molecule is C[C@H]1CCc2c(sc(NS(=O)(=O)c3ccc(Cl)cc3F)c2C(N)=O)C1. The summed E-state index contributed by atoms with van der Waals surface area (Å²) < 4.78 is 41.4. The van der Waals surface area contributed by atoms with E-state index < -0.39 is 26.6 Å². The molecule has 1 aliphatic rings. The minimum absolute atomic E-state index is 0.0925. The number of fused-ring (bicyclic) bond motifs is 1. The van der Waals surface area contributed by atoms with Crippen LogP contribution in [-0.2, 0) is 22.9 Å². The Morgan fingerprint density at radius 1 is 1.44 bits per heavy atom. The predicted molar refractivity (Wildman–Crippen MR) is 96.2 cm³/mol. The van der Waals surface area contributed by atoms with Crippen LogP contribution in [0.25, 0.3) is 0 Å². The van der Waals surface area contributed by atoms with Crippen LogP contribution in [0.15, 0.2) is 23.1 Å². The third kappa shape index (κ3) is 3.51. The minimum Gasteiger partial charge on any atom is -0.365 e. The van der Waals surface area contributed by atoms with Gasteiger partial charge in [0.15, 0.2) is 0 Å². The summed E-state index contributed by atoms with van der Waals surface area (Å²) in [5.74, 6) is -1.21. The highest BCUT2D eigenvalue weighted by Crippen LogP contribution is 2.40. The van der Waals surface area contributed by atoms with Crippen LogP contribution in [0.1, 0.15) is 34.1 Å². The van der Waals surface area contributed by atoms with Crippen molar-refractivity contribution in [2.24, 2.45) is 11.7 Å². The first kappa shape index (κ1) is 18.2. The molecule has 0 radical (unpaired) electrons. The Bertz CT molecular complexity index is 957. The number of primary amides is 1. The molecule has 2 aromatic rings. The molecule has 3 rings (SSSR count). The Morgan fingerprint density at radius 2 is 2.16 bits per heavy atom. The number of amides is 1. The summed E-state index contributed by atoms with van der Waals surface area (Å²) in [5.41, 5.74) is 6.45. The number of nitrogens with one attached hydrogen (secondary N) is 1. The van der Waals surface area contributed by atoms with Crippen molar-refractivity contribution in [2.45, 2.75) is 31.1 Å². The van der Waals surface area contributed by atoms with Crippen molar-refractivity contribution >= 4 is 43.9 Å². The van der Waals surface area contributed by atoms with E-state index in [2.05, 4.69) is 11.6 Å². The van der Waals surface area contributed by atoms with Gasteiger partial charge in [0, 0.05) is 9.90 Å². The Labute approximate surface area is 154 Å². The lowest BCUT2D eigenvalue weighted by Crippen LogP contribution is -2.20. The number of anilines is 1. The molecule has 1 heterocycles. The smallest absolute Gasteiger partial charge is 0.265 e. The molecular weight excluding hydrogens is 387 g/mol. The summed E-state index contributed by atoms with van der Waals surface area (Å²) in [6.07, 6.45) is 2.33. The van der Waals surface area contributed by atoms with Crippen molar-refractivity contribution in [3.8, 4) is 0 Å². The molecule has 1 aliphatic carbocycles. The lowest BCUT2D eigenvalue weighted by Gasteiger charge is -2.18. The molecule has 9 heteroatoms. The Balaban J connectivity index is 2.04. The Hall–Kier alpha value is -1.64. The highest BCUT2D eigenvalue weighted by atomic mass is 35.5. The topological polar surface area (TPSA) is 89.3 Å². The first-order chi connectivity index (χ1) is 11.7. The molecule has 0 aliphatic heterocycles. The van der Waals surface area contributed by atoms with Gasteiger partial charge < -0.3 is 5.73 Å². The molecular formula is C16H16ClFN2O3S2. The molecule has 25 heavy (non-hydrogen) atoms. The van der Waals surface area contributed by atoms with E-state index in [9.17, 15) is 17.6 Å². The largest absolute Gasteiger partial charge is 0.365 e. The van der Waals surface area contributed by atoms with Crippen molar-refractivity contribution in [2.75, 3.05) is 4.72 Å². The summed E-state index contributed by atoms with van der Waals surface area (Å²) in [6, 6.07) is 3.29. The summed E-state index contributed by atoms with van der Waals surface area (Å²) in [7, 11) is -4.21. The van der Waals surface area contributed by atoms with Gasteiger partial charge in [0.2, 0.25) is 0 Å². The molecule has 0 fully saturated rings. The molecule has 1 atom stereocenters. The second-order valence-electron chi connectivity index (χ2n) is 6.10. The van der Waals surface area contributed by atoms with Crippen LogP contribution in [0.2, 0.25) is 5.02 Å². The average molecular weight is 403 g/mol. The van der Waals surface area contributed by atoms with Crippen LogP contribution in [0.5, 0.6) is 0 Å². The average Bonchev–Trinajstić information content (AvgIpc) is 2.82. The number of thiophene rings is 1. The van der Waals surface area contributed by atoms with E-state index in [1.807, 2.05) is 0 Å². The quantitative estimate of drug-likeness (QED) is 0.819. The maximum Gasteiger partial charge on any atom is 0.265 e. The fourth-order valence-electron chi connectivity index (χ4n) is 2.95. The van der Waals surface area contributed by atoms with Gasteiger partial charge >= 0.3 is 0 Å². The predicted octanol–water partition coefficient (Wildman–Crippen LogP) is 3.57. The molecule has 1 aromatic heterocycles. The van der Waals surface area contributed by atoms with Gasteiger partial charge in [-0.25, -0.2) is 12.8 Å². The molecule has 0 spiro atoms. The first-order valence-corrected chi connectivity index (χ1v) is 10.3. The van der Waals surface area contributed by atoms with Crippen LogP contribution >= 0.6 is 22.9 Å². The van der Waals surface area contributed by atoms with Gasteiger partial charge in [-0.3, -0.25) is 9.52 Å². The molecule has 1 amide bonds. The second-order valence-corrected chi connectivity index (χ2v) is 9.29. The van der Waals surface area contributed by atoms with Crippen LogP contribution < -0.4 is 10.5 Å². The van der Waals surface area contributed by atoms with E-state index >= 15 is 0 Å². The zero-order chi connectivity index (χ0) is 18.4. The standard InChI is InChI=1S/C16H16ClFN2O3S2/c1-8-2-4-10-12(6-8)24-16(14(10)15(19)21)20-25(22,23)13-5-3-9(17)7-11(13)18/h3,5,7-8,20H,2,4,6H2,1H3,(H2,19,21)/t8-/m0/s1. The molecule has 0 unspecified atom stereocenters. The van der Waals surface area contributed by atoms with Gasteiger partial charge in [0.25, 0.3) is 15.9 Å². The summed E-state index contributed by atoms with van der Waals surface area (Å²) >= 11 is 6.85. The van der Waals surface area contributed by atoms with Gasteiger partial charge in [0.05, 0.1) is 5.56 Å². The Kier molecular flexibility index (Phi) is 4.78. The number of carbonyl (C=O) groups is 1. The maximum absolute atomic E-state index is 14.0. The third-order valence-corrected chi connectivity index (χ3v) is 7.09. The van der Waals surface area contributed by atoms with Crippen molar-refractivity contribution in [1.82, 2.24) is 0 Å². The maximum atomic E-state index is 14.0. The normalized spacial score (nSPS) is 17.2. The molecule has 0 bridgehead atoms. The zero-order valence-electron chi connectivity index (χ0n) is 13.3. The van der Waals surface area contributed by atoms with Gasteiger partial charge in [-0.1, -0.05) is 18.5 Å². The van der Waals surface area contributed by atoms with Gasteiger partial charge in [0.1, 0.15) is 15.7 Å². The number of rotatable bonds is 4. The van der Waals surface area contributed by atoms with E-state index in [1.54, 1.807) is 0 Å². The molecule has 0 saturated carbocycles. The highest BCUT2D eigenvalue weighted by molar-refractivity contribution is 7.93. The number of halogens is 2. The van der Waals surface area contributed by atoms with E-state index in [0.29, 0.717) is 12.3 Å². The monoisotopic (exact) mass is 402 g/mol. The van der Waals surface area contributed by atoms with Crippen LogP contribution in [0.4, 0.5) is 9.39 Å². The van der Waals surface area contributed by atoms with Gasteiger partial charge in [-0.15, -0.1) is 11.3 Å². The number of benzene rings is 1. The Morgan fingerprint density at radius 3 is 2.80 bits per heavy atom. The number of sulfonamides is 1. The van der Waals surface area contributed by atoms with E-state index in [-0.39, 0.29) is 15.6 Å². The fraction of sp³-hybridized carbons (Fsp3) is 0.312. The number of hydrogen-bond acceptors (Lipinski definition) is 4. The summed E-state index contributed by atoms with van der Waals surface area (Å²) in [4.78, 5) is 12.3. The minimum atomic E-state index is -4.21. The van der Waals surface area contributed by atoms with E-state index in [0.717, 1.165) is 35.4 Å². The fourth-order valence-corrected chi connectivity index (χ4v) is 5.89. The first-order valence-electron chi connectivity index (χ1n) is 7.61. The van der Waals surface area contributed by atoms with Gasteiger partial charge in [-0.05, 0) is 48.9 Å². The van der Waals surface area contributed by atoms with Crippen LogP contribution in [0, 0.1) is 11.7 Å². The lowest BCUT2D eigenvalue weighted by atomic mass is 9.88. The second kappa shape index (κ2) is 6.59. The molecule has 1 aromatic carbocycles. The van der Waals surface area contributed by atoms with Gasteiger partial charge in [-0.2, -0.15) is 0 Å². The number of hydrogen-bond donors (Lipinski definition) is 2. The summed E-state index contributed by atoms with van der Waals surface area (Å²) in [5, 5.41) is 0.232. The zero-order valence-corrected chi connectivity index (χ0v) is 15.7. The van der Waals surface area contributed by atoms with Crippen LogP contribution in [-0.4, -0.2) is 14.3 Å². The number of carbonyl (C=O) groups excluding carboxylic acids is 1. The van der Waals surface area contributed by atoms with Crippen molar-refractivity contribution in [1.29, 1.82) is 0 Å². The molecule has 134 valence electrons. The summed E-state index contributed by atoms with van der Waals surface area (Å²) in [6.45, 7) is 2.10. The third-order valence-electron chi connectivity index (χ3n) is 4.17. The number of nitrogens with two attached hydrogens (primary N) is 1. The van der Waals surface area contributed by atoms with Crippen molar-refractivity contribution in [3.63, 3.8) is 0 Å². The molecule has 3 N–H and O–H groups in total. The van der Waals surface area contributed by atoms with Crippen molar-refractivity contribution in [3.05, 3.63) is 45.0 Å². The van der Waals surface area contributed by atoms with E-state index in [1.165, 1.54) is 17.4 Å². The molecule has 0 saturated heterocycles. The van der Waals surface area contributed by atoms with E-state index in [4.69, 9.17) is 17.3 Å². The highest BCUT2D eigenvalue weighted by Gasteiger charge is 2.29. The van der Waals surface area contributed by atoms with Crippen LogP contribution in [0.3, 0.4) is 0 Å². The van der Waals surface area contributed by atoms with Crippen molar-refractivity contribution < 1.29 is 17.6 Å².